The van der Waals surface area contributed by atoms with Crippen LogP contribution >= 0.6 is 0 Å². The van der Waals surface area contributed by atoms with Gasteiger partial charge in [-0.05, 0) is 5.41 Å². The molecule has 0 spiro atoms. The third-order valence-corrected chi connectivity index (χ3v) is 2.32. The molecule has 0 bridgehead atoms. The molecule has 1 atom stereocenters. The number of nitrogens with zero attached hydrogens (tertiary/aromatic N) is 1. The molecule has 0 aromatic rings. The van der Waals surface area contributed by atoms with Gasteiger partial charge in [-0.1, -0.05) is 20.8 Å². The Morgan fingerprint density at radius 2 is 1.65 bits per heavy atom. The quantitative estimate of drug-likeness (QED) is 0.596. The van der Waals surface area contributed by atoms with E-state index in [0.717, 1.165) is 0 Å². The molecule has 100 valence electrons. The molecule has 0 aliphatic carbocycles. The maximum atomic E-state index is 11.6. The molecule has 1 unspecified atom stereocenters. The number of carbonyl (C=O) groups excluding carboxylic acids is 2. The van der Waals surface area contributed by atoms with Gasteiger partial charge in [0.2, 0.25) is 5.91 Å². The minimum absolute atomic E-state index is 0.181. The van der Waals surface area contributed by atoms with Crippen molar-refractivity contribution < 1.29 is 9.59 Å². The molecule has 0 heterocycles. The lowest BCUT2D eigenvalue weighted by Crippen LogP contribution is -2.50. The van der Waals surface area contributed by atoms with Crippen molar-refractivity contribution in [2.45, 2.75) is 26.8 Å². The highest BCUT2D eigenvalue weighted by atomic mass is 16.2. The molecule has 6 nitrogen and oxygen atoms in total. The van der Waals surface area contributed by atoms with Gasteiger partial charge in [-0.15, -0.1) is 0 Å². The molecular formula is C11H24N4O2. The summed E-state index contributed by atoms with van der Waals surface area (Å²) >= 11 is 0. The van der Waals surface area contributed by atoms with E-state index in [1.165, 1.54) is 4.90 Å². The molecule has 0 aliphatic rings. The zero-order valence-corrected chi connectivity index (χ0v) is 11.3. The van der Waals surface area contributed by atoms with Crippen molar-refractivity contribution in [3.05, 3.63) is 0 Å². The molecule has 0 fully saturated rings. The molecule has 0 aromatic carbocycles. The summed E-state index contributed by atoms with van der Waals surface area (Å²) in [5.74, 6) is -0.198. The Hall–Kier alpha value is -1.30. The highest BCUT2D eigenvalue weighted by Gasteiger charge is 2.26. The third-order valence-electron chi connectivity index (χ3n) is 2.32. The molecule has 0 aliphatic heterocycles. The van der Waals surface area contributed by atoms with Gasteiger partial charge >= 0.3 is 6.03 Å². The summed E-state index contributed by atoms with van der Waals surface area (Å²) in [4.78, 5) is 24.2. The SMILES string of the molecule is CN(C)C(=O)NCCNC(=O)C(N)C(C)(C)C. The van der Waals surface area contributed by atoms with E-state index in [4.69, 9.17) is 5.73 Å². The van der Waals surface area contributed by atoms with Crippen molar-refractivity contribution in [1.29, 1.82) is 0 Å². The molecule has 17 heavy (non-hydrogen) atoms. The minimum atomic E-state index is -0.549. The fraction of sp³-hybridized carbons (Fsp3) is 0.818. The van der Waals surface area contributed by atoms with Crippen LogP contribution in [0.1, 0.15) is 20.8 Å². The van der Waals surface area contributed by atoms with Crippen LogP contribution in [0.2, 0.25) is 0 Å². The van der Waals surface area contributed by atoms with E-state index in [0.29, 0.717) is 13.1 Å². The van der Waals surface area contributed by atoms with E-state index in [2.05, 4.69) is 10.6 Å². The van der Waals surface area contributed by atoms with Crippen LogP contribution < -0.4 is 16.4 Å². The second-order valence-electron chi connectivity index (χ2n) is 5.26. The number of hydrogen-bond acceptors (Lipinski definition) is 3. The molecule has 6 heteroatoms. The molecule has 0 rings (SSSR count). The lowest BCUT2D eigenvalue weighted by molar-refractivity contribution is -0.124. The molecule has 0 saturated carbocycles. The third kappa shape index (κ3) is 6.11. The van der Waals surface area contributed by atoms with Gasteiger partial charge in [-0.2, -0.15) is 0 Å². The number of hydrogen-bond donors (Lipinski definition) is 3. The Balaban J connectivity index is 3.84. The van der Waals surface area contributed by atoms with Crippen LogP contribution in [0.5, 0.6) is 0 Å². The van der Waals surface area contributed by atoms with Gasteiger partial charge in [0.05, 0.1) is 6.04 Å². The van der Waals surface area contributed by atoms with Crippen molar-refractivity contribution in [2.24, 2.45) is 11.1 Å². The Labute approximate surface area is 103 Å². The van der Waals surface area contributed by atoms with Crippen LogP contribution in [-0.4, -0.2) is 50.1 Å². The van der Waals surface area contributed by atoms with E-state index in [1.54, 1.807) is 14.1 Å². The van der Waals surface area contributed by atoms with Gasteiger partial charge in [0, 0.05) is 27.2 Å². The van der Waals surface area contributed by atoms with Gasteiger partial charge < -0.3 is 21.3 Å². The van der Waals surface area contributed by atoms with Crippen molar-refractivity contribution in [1.82, 2.24) is 15.5 Å². The van der Waals surface area contributed by atoms with Gasteiger partial charge in [0.25, 0.3) is 0 Å². The lowest BCUT2D eigenvalue weighted by Gasteiger charge is -2.25. The van der Waals surface area contributed by atoms with Crippen LogP contribution in [0.25, 0.3) is 0 Å². The summed E-state index contributed by atoms with van der Waals surface area (Å²) in [6.45, 7) is 6.49. The van der Waals surface area contributed by atoms with E-state index in [-0.39, 0.29) is 17.4 Å². The van der Waals surface area contributed by atoms with Crippen molar-refractivity contribution in [3.8, 4) is 0 Å². The lowest BCUT2D eigenvalue weighted by atomic mass is 9.87. The van der Waals surface area contributed by atoms with E-state index in [1.807, 2.05) is 20.8 Å². The van der Waals surface area contributed by atoms with E-state index < -0.39 is 6.04 Å². The Morgan fingerprint density at radius 1 is 1.18 bits per heavy atom. The van der Waals surface area contributed by atoms with Crippen LogP contribution in [0, 0.1) is 5.41 Å². The zero-order valence-electron chi connectivity index (χ0n) is 11.3. The number of nitrogens with one attached hydrogen (secondary N) is 2. The van der Waals surface area contributed by atoms with Crippen molar-refractivity contribution in [2.75, 3.05) is 27.2 Å². The average Bonchev–Trinajstić information content (AvgIpc) is 2.20. The predicted molar refractivity (Wildman–Crippen MR) is 67.5 cm³/mol. The number of carbonyl (C=O) groups is 2. The topological polar surface area (TPSA) is 87.5 Å². The molecule has 4 N–H and O–H groups in total. The Kier molecular flexibility index (Phi) is 5.95. The Morgan fingerprint density at radius 3 is 2.06 bits per heavy atom. The largest absolute Gasteiger partial charge is 0.353 e. The average molecular weight is 244 g/mol. The Bertz CT molecular complexity index is 271. The first-order valence-electron chi connectivity index (χ1n) is 5.64. The molecule has 3 amide bonds. The molecular weight excluding hydrogens is 220 g/mol. The first-order valence-corrected chi connectivity index (χ1v) is 5.64. The summed E-state index contributed by atoms with van der Waals surface area (Å²) in [6, 6.07) is -0.730. The summed E-state index contributed by atoms with van der Waals surface area (Å²) in [5.41, 5.74) is 5.51. The van der Waals surface area contributed by atoms with Gasteiger partial charge in [0.1, 0.15) is 0 Å². The summed E-state index contributed by atoms with van der Waals surface area (Å²) in [6.07, 6.45) is 0. The first-order chi connectivity index (χ1) is 7.66. The predicted octanol–water partition coefficient (Wildman–Crippen LogP) is -0.253. The second-order valence-corrected chi connectivity index (χ2v) is 5.26. The number of urea groups is 1. The summed E-state index contributed by atoms with van der Waals surface area (Å²) in [5, 5.41) is 5.33. The number of nitrogens with two attached hydrogens (primary N) is 1. The van der Waals surface area contributed by atoms with Crippen LogP contribution in [0.3, 0.4) is 0 Å². The van der Waals surface area contributed by atoms with E-state index >= 15 is 0 Å². The second kappa shape index (κ2) is 6.44. The van der Waals surface area contributed by atoms with Crippen LogP contribution in [0.15, 0.2) is 0 Å². The molecule has 0 radical (unpaired) electrons. The standard InChI is InChI=1S/C11H24N4O2/c1-11(2,3)8(12)9(16)13-6-7-14-10(17)15(4)5/h8H,6-7,12H2,1-5H3,(H,13,16)(H,14,17). The fourth-order valence-corrected chi connectivity index (χ4v) is 1.02. The number of amides is 3. The number of rotatable bonds is 4. The summed E-state index contributed by atoms with van der Waals surface area (Å²) in [7, 11) is 3.31. The minimum Gasteiger partial charge on any atom is -0.353 e. The van der Waals surface area contributed by atoms with Crippen molar-refractivity contribution >= 4 is 11.9 Å². The molecule has 0 saturated heterocycles. The van der Waals surface area contributed by atoms with Crippen LogP contribution in [0.4, 0.5) is 4.79 Å². The molecule has 0 aromatic heterocycles. The summed E-state index contributed by atoms with van der Waals surface area (Å²) < 4.78 is 0. The maximum absolute atomic E-state index is 11.6. The monoisotopic (exact) mass is 244 g/mol. The van der Waals surface area contributed by atoms with Gasteiger partial charge in [-0.3, -0.25) is 4.79 Å². The van der Waals surface area contributed by atoms with Gasteiger partial charge in [0.15, 0.2) is 0 Å². The fourth-order valence-electron chi connectivity index (χ4n) is 1.02. The highest BCUT2D eigenvalue weighted by Crippen LogP contribution is 2.16. The van der Waals surface area contributed by atoms with E-state index in [9.17, 15) is 9.59 Å². The first kappa shape index (κ1) is 15.7. The van der Waals surface area contributed by atoms with Crippen molar-refractivity contribution in [3.63, 3.8) is 0 Å². The van der Waals surface area contributed by atoms with Crippen LogP contribution in [-0.2, 0) is 4.79 Å². The smallest absolute Gasteiger partial charge is 0.316 e. The normalized spacial score (nSPS) is 12.8. The maximum Gasteiger partial charge on any atom is 0.316 e. The highest BCUT2D eigenvalue weighted by molar-refractivity contribution is 5.82. The van der Waals surface area contributed by atoms with Gasteiger partial charge in [-0.25, -0.2) is 4.79 Å². The zero-order chi connectivity index (χ0) is 13.6.